The Balaban J connectivity index is 2.01. The number of rotatable bonds is 2. The van der Waals surface area contributed by atoms with Gasteiger partial charge in [-0.1, -0.05) is 6.92 Å². The quantitative estimate of drug-likeness (QED) is 0.626. The molecule has 12 heavy (non-hydrogen) atoms. The van der Waals surface area contributed by atoms with E-state index in [-0.39, 0.29) is 0 Å². The maximum atomic E-state index is 10.5. The zero-order chi connectivity index (χ0) is 8.60. The van der Waals surface area contributed by atoms with Crippen molar-refractivity contribution in [3.8, 4) is 0 Å². The molecule has 1 unspecified atom stereocenters. The van der Waals surface area contributed by atoms with Crippen molar-refractivity contribution in [1.82, 2.24) is 5.32 Å². The van der Waals surface area contributed by atoms with Crippen molar-refractivity contribution < 1.29 is 4.79 Å². The first-order valence-electron chi connectivity index (χ1n) is 4.88. The summed E-state index contributed by atoms with van der Waals surface area (Å²) in [5.41, 5.74) is 0.333. The van der Waals surface area contributed by atoms with Crippen LogP contribution in [0.4, 0.5) is 0 Å². The van der Waals surface area contributed by atoms with E-state index < -0.39 is 0 Å². The van der Waals surface area contributed by atoms with Gasteiger partial charge in [-0.05, 0) is 43.2 Å². The molecule has 1 aliphatic heterocycles. The largest absolute Gasteiger partial charge is 0.316 e. The van der Waals surface area contributed by atoms with Crippen molar-refractivity contribution in [2.45, 2.75) is 26.2 Å². The second-order valence-electron chi connectivity index (χ2n) is 4.77. The van der Waals surface area contributed by atoms with Crippen LogP contribution in [0.5, 0.6) is 0 Å². The van der Waals surface area contributed by atoms with Gasteiger partial charge in [-0.25, -0.2) is 0 Å². The molecule has 1 N–H and O–H groups in total. The minimum Gasteiger partial charge on any atom is -0.316 e. The van der Waals surface area contributed by atoms with E-state index in [2.05, 4.69) is 12.2 Å². The number of aldehydes is 1. The van der Waals surface area contributed by atoms with Crippen LogP contribution in [0.25, 0.3) is 0 Å². The van der Waals surface area contributed by atoms with Crippen molar-refractivity contribution >= 4 is 6.29 Å². The Hall–Kier alpha value is -0.370. The average molecular weight is 167 g/mol. The van der Waals surface area contributed by atoms with Crippen LogP contribution in [0.2, 0.25) is 0 Å². The molecule has 0 aromatic rings. The molecule has 0 bridgehead atoms. The van der Waals surface area contributed by atoms with Gasteiger partial charge in [-0.2, -0.15) is 0 Å². The second kappa shape index (κ2) is 2.84. The van der Waals surface area contributed by atoms with Crippen LogP contribution in [0.3, 0.4) is 0 Å². The molecule has 68 valence electrons. The normalized spacial score (nSPS) is 46.1. The van der Waals surface area contributed by atoms with Crippen molar-refractivity contribution in [3.63, 3.8) is 0 Å². The number of nitrogens with one attached hydrogen (secondary N) is 1. The van der Waals surface area contributed by atoms with Gasteiger partial charge in [0.25, 0.3) is 0 Å². The summed E-state index contributed by atoms with van der Waals surface area (Å²) in [7, 11) is 0. The Morgan fingerprint density at radius 3 is 2.50 bits per heavy atom. The first-order chi connectivity index (χ1) is 5.73. The van der Waals surface area contributed by atoms with Gasteiger partial charge < -0.3 is 10.1 Å². The lowest BCUT2D eigenvalue weighted by molar-refractivity contribution is -0.109. The van der Waals surface area contributed by atoms with Gasteiger partial charge in [-0.15, -0.1) is 0 Å². The molecule has 1 saturated carbocycles. The van der Waals surface area contributed by atoms with Gasteiger partial charge in [0.05, 0.1) is 0 Å². The Morgan fingerprint density at radius 2 is 2.00 bits per heavy atom. The van der Waals surface area contributed by atoms with E-state index in [0.29, 0.717) is 5.41 Å². The monoisotopic (exact) mass is 167 g/mol. The summed E-state index contributed by atoms with van der Waals surface area (Å²) in [6.45, 7) is 4.62. The average Bonchev–Trinajstić information content (AvgIpc) is 2.45. The fourth-order valence-corrected chi connectivity index (χ4v) is 2.98. The molecule has 2 rings (SSSR count). The van der Waals surface area contributed by atoms with E-state index in [1.807, 2.05) is 0 Å². The summed E-state index contributed by atoms with van der Waals surface area (Å²) < 4.78 is 0. The highest BCUT2D eigenvalue weighted by molar-refractivity contribution is 5.50. The summed E-state index contributed by atoms with van der Waals surface area (Å²) >= 11 is 0. The van der Waals surface area contributed by atoms with Gasteiger partial charge >= 0.3 is 0 Å². The van der Waals surface area contributed by atoms with E-state index in [1.54, 1.807) is 0 Å². The molecule has 0 spiro atoms. The molecular weight excluding hydrogens is 150 g/mol. The van der Waals surface area contributed by atoms with Gasteiger partial charge in [0.1, 0.15) is 6.29 Å². The fraction of sp³-hybridized carbons (Fsp3) is 0.900. The first-order valence-corrected chi connectivity index (χ1v) is 4.88. The third-order valence-electron chi connectivity index (χ3n) is 3.57. The first kappa shape index (κ1) is 8.24. The highest BCUT2D eigenvalue weighted by Crippen LogP contribution is 2.48. The van der Waals surface area contributed by atoms with Crippen molar-refractivity contribution in [3.05, 3.63) is 0 Å². The summed E-state index contributed by atoms with van der Waals surface area (Å²) in [6.07, 6.45) is 4.36. The molecular formula is C10H17NO. The zero-order valence-corrected chi connectivity index (χ0v) is 7.68. The minimum absolute atomic E-state index is 0.333. The van der Waals surface area contributed by atoms with Crippen LogP contribution < -0.4 is 5.32 Å². The lowest BCUT2D eigenvalue weighted by Crippen LogP contribution is -2.18. The van der Waals surface area contributed by atoms with Crippen LogP contribution in [-0.4, -0.2) is 19.4 Å². The number of hydrogen-bond acceptors (Lipinski definition) is 2. The second-order valence-corrected chi connectivity index (χ2v) is 4.77. The van der Waals surface area contributed by atoms with E-state index in [9.17, 15) is 4.79 Å². The molecule has 2 aliphatic rings. The topological polar surface area (TPSA) is 29.1 Å². The van der Waals surface area contributed by atoms with Gasteiger partial charge in [0, 0.05) is 6.42 Å². The molecule has 1 saturated heterocycles. The van der Waals surface area contributed by atoms with Crippen LogP contribution in [0.1, 0.15) is 26.2 Å². The number of carbonyl (C=O) groups excluding carboxylic acids is 1. The van der Waals surface area contributed by atoms with Gasteiger partial charge in [0.15, 0.2) is 0 Å². The summed E-state index contributed by atoms with van der Waals surface area (Å²) in [5, 5.41) is 3.42. The predicted octanol–water partition coefficient (Wildman–Crippen LogP) is 1.21. The van der Waals surface area contributed by atoms with Crippen molar-refractivity contribution in [2.24, 2.45) is 17.3 Å². The van der Waals surface area contributed by atoms with Gasteiger partial charge in [-0.3, -0.25) is 0 Å². The van der Waals surface area contributed by atoms with E-state index in [4.69, 9.17) is 0 Å². The molecule has 0 amide bonds. The molecule has 2 heteroatoms. The lowest BCUT2D eigenvalue weighted by Gasteiger charge is -2.21. The highest BCUT2D eigenvalue weighted by Gasteiger charge is 2.43. The Bertz CT molecular complexity index is 178. The molecule has 0 aromatic heterocycles. The van der Waals surface area contributed by atoms with Crippen LogP contribution in [0, 0.1) is 17.3 Å². The molecule has 1 heterocycles. The fourth-order valence-electron chi connectivity index (χ4n) is 2.98. The molecule has 0 radical (unpaired) electrons. The molecule has 3 atom stereocenters. The lowest BCUT2D eigenvalue weighted by atomic mass is 9.84. The third kappa shape index (κ3) is 1.28. The smallest absolute Gasteiger partial charge is 0.120 e. The molecule has 1 aliphatic carbocycles. The summed E-state index contributed by atoms with van der Waals surface area (Å²) in [4.78, 5) is 10.5. The number of carbonyl (C=O) groups is 1. The Labute approximate surface area is 73.7 Å². The number of hydrogen-bond donors (Lipinski definition) is 1. The maximum Gasteiger partial charge on any atom is 0.120 e. The van der Waals surface area contributed by atoms with E-state index >= 15 is 0 Å². The van der Waals surface area contributed by atoms with Crippen LogP contribution in [0.15, 0.2) is 0 Å². The summed E-state index contributed by atoms with van der Waals surface area (Å²) in [5.74, 6) is 1.71. The molecule has 2 fully saturated rings. The standard InChI is InChI=1S/C10H17NO/c1-10(2-3-12)4-8-6-11-7-9(8)5-10/h3,8-9,11H,2,4-7H2,1H3/t8-,9+,10?. The number of fused-ring (bicyclic) bond motifs is 1. The highest BCUT2D eigenvalue weighted by atomic mass is 16.1. The third-order valence-corrected chi connectivity index (χ3v) is 3.57. The minimum atomic E-state index is 0.333. The maximum absolute atomic E-state index is 10.5. The zero-order valence-electron chi connectivity index (χ0n) is 7.68. The van der Waals surface area contributed by atoms with Crippen LogP contribution in [-0.2, 0) is 4.79 Å². The van der Waals surface area contributed by atoms with Crippen molar-refractivity contribution in [1.29, 1.82) is 0 Å². The van der Waals surface area contributed by atoms with Crippen LogP contribution >= 0.6 is 0 Å². The van der Waals surface area contributed by atoms with Crippen molar-refractivity contribution in [2.75, 3.05) is 13.1 Å². The summed E-state index contributed by atoms with van der Waals surface area (Å²) in [6, 6.07) is 0. The SMILES string of the molecule is CC1(CC=O)C[C@H]2CNC[C@H]2C1. The Morgan fingerprint density at radius 1 is 1.42 bits per heavy atom. The van der Waals surface area contributed by atoms with E-state index in [0.717, 1.165) is 24.5 Å². The molecule has 2 nitrogen and oxygen atoms in total. The van der Waals surface area contributed by atoms with E-state index in [1.165, 1.54) is 25.9 Å². The molecule has 0 aromatic carbocycles. The Kier molecular flexibility index (Phi) is 1.95. The van der Waals surface area contributed by atoms with Gasteiger partial charge in [0.2, 0.25) is 0 Å². The predicted molar refractivity (Wildman–Crippen MR) is 47.9 cm³/mol.